The maximum Gasteiger partial charge on any atom is 0.00460 e. The van der Waals surface area contributed by atoms with Gasteiger partial charge in [-0.25, -0.2) is 0 Å². The summed E-state index contributed by atoms with van der Waals surface area (Å²) in [5.74, 6) is 2.62. The highest BCUT2D eigenvalue weighted by Gasteiger charge is 2.37. The van der Waals surface area contributed by atoms with Crippen molar-refractivity contribution in [3.05, 3.63) is 0 Å². The average Bonchev–Trinajstić information content (AvgIpc) is 2.09. The Kier molecular flexibility index (Phi) is 5.66. The standard InChI is InChI=1S/C14H29NS/c1-12(2)8-15(9-13(3)4)10-14(11-16)6-5-7-14/h12-13,16H,5-11H2,1-4H3. The van der Waals surface area contributed by atoms with Gasteiger partial charge in [-0.3, -0.25) is 0 Å². The third-order valence-corrected chi connectivity index (χ3v) is 4.23. The van der Waals surface area contributed by atoms with E-state index in [2.05, 4.69) is 45.2 Å². The summed E-state index contributed by atoms with van der Waals surface area (Å²) in [6.45, 7) is 13.0. The van der Waals surface area contributed by atoms with Crippen LogP contribution in [0.15, 0.2) is 0 Å². The zero-order valence-corrected chi connectivity index (χ0v) is 12.4. The Morgan fingerprint density at radius 2 is 1.56 bits per heavy atom. The topological polar surface area (TPSA) is 3.24 Å². The fourth-order valence-electron chi connectivity index (χ4n) is 2.75. The molecule has 1 nitrogen and oxygen atoms in total. The SMILES string of the molecule is CC(C)CN(CC(C)C)CC1(CS)CCC1. The van der Waals surface area contributed by atoms with Crippen LogP contribution in [0.1, 0.15) is 47.0 Å². The molecule has 0 aromatic heterocycles. The van der Waals surface area contributed by atoms with Crippen molar-refractivity contribution in [3.8, 4) is 0 Å². The largest absolute Gasteiger partial charge is 0.302 e. The lowest BCUT2D eigenvalue weighted by Gasteiger charge is -2.45. The Hall–Kier alpha value is 0.310. The highest BCUT2D eigenvalue weighted by molar-refractivity contribution is 7.80. The summed E-state index contributed by atoms with van der Waals surface area (Å²) in [7, 11) is 0. The van der Waals surface area contributed by atoms with Gasteiger partial charge in [0.15, 0.2) is 0 Å². The first-order chi connectivity index (χ1) is 7.47. The van der Waals surface area contributed by atoms with Gasteiger partial charge in [0.25, 0.3) is 0 Å². The quantitative estimate of drug-likeness (QED) is 0.667. The molecule has 0 heterocycles. The van der Waals surface area contributed by atoms with Gasteiger partial charge in [-0.15, -0.1) is 0 Å². The maximum atomic E-state index is 4.56. The van der Waals surface area contributed by atoms with Crippen LogP contribution in [0.3, 0.4) is 0 Å². The predicted molar refractivity (Wildman–Crippen MR) is 76.3 cm³/mol. The van der Waals surface area contributed by atoms with E-state index in [1.165, 1.54) is 38.9 Å². The molecule has 1 rings (SSSR count). The molecule has 0 spiro atoms. The molecule has 0 aromatic rings. The highest BCUT2D eigenvalue weighted by Crippen LogP contribution is 2.42. The molecule has 16 heavy (non-hydrogen) atoms. The van der Waals surface area contributed by atoms with Gasteiger partial charge in [0.1, 0.15) is 0 Å². The van der Waals surface area contributed by atoms with Crippen LogP contribution in [-0.4, -0.2) is 30.3 Å². The number of hydrogen-bond acceptors (Lipinski definition) is 2. The molecule has 0 atom stereocenters. The molecule has 1 aliphatic carbocycles. The minimum Gasteiger partial charge on any atom is -0.302 e. The summed E-state index contributed by atoms with van der Waals surface area (Å²) in [4.78, 5) is 2.67. The number of nitrogens with zero attached hydrogens (tertiary/aromatic N) is 1. The third kappa shape index (κ3) is 4.29. The second kappa shape index (κ2) is 6.30. The van der Waals surface area contributed by atoms with E-state index in [-0.39, 0.29) is 0 Å². The summed E-state index contributed by atoms with van der Waals surface area (Å²) in [5, 5.41) is 0. The molecule has 0 saturated heterocycles. The molecule has 0 unspecified atom stereocenters. The molecular formula is C14H29NS. The minimum absolute atomic E-state index is 0.549. The molecule has 0 aromatic carbocycles. The van der Waals surface area contributed by atoms with Gasteiger partial charge >= 0.3 is 0 Å². The molecule has 2 heteroatoms. The fourth-order valence-corrected chi connectivity index (χ4v) is 3.17. The second-order valence-electron chi connectivity index (χ2n) is 6.49. The first kappa shape index (κ1) is 14.4. The molecular weight excluding hydrogens is 214 g/mol. The van der Waals surface area contributed by atoms with E-state index in [0.717, 1.165) is 17.6 Å². The minimum atomic E-state index is 0.549. The fraction of sp³-hybridized carbons (Fsp3) is 1.00. The molecule has 1 aliphatic rings. The smallest absolute Gasteiger partial charge is 0.00460 e. The summed E-state index contributed by atoms with van der Waals surface area (Å²) in [6.07, 6.45) is 4.20. The molecule has 0 aliphatic heterocycles. The second-order valence-corrected chi connectivity index (χ2v) is 6.81. The molecule has 0 N–H and O–H groups in total. The van der Waals surface area contributed by atoms with Crippen LogP contribution in [0.25, 0.3) is 0 Å². The van der Waals surface area contributed by atoms with E-state index in [4.69, 9.17) is 0 Å². The van der Waals surface area contributed by atoms with E-state index < -0.39 is 0 Å². The summed E-state index contributed by atoms with van der Waals surface area (Å²) < 4.78 is 0. The lowest BCUT2D eigenvalue weighted by molar-refractivity contribution is 0.0763. The summed E-state index contributed by atoms with van der Waals surface area (Å²) in [5.41, 5.74) is 0.549. The van der Waals surface area contributed by atoms with Gasteiger partial charge in [0.05, 0.1) is 0 Å². The normalized spacial score (nSPS) is 19.5. The molecule has 0 amide bonds. The maximum absolute atomic E-state index is 4.56. The lowest BCUT2D eigenvalue weighted by Crippen LogP contribution is -2.45. The van der Waals surface area contributed by atoms with Crippen LogP contribution < -0.4 is 0 Å². The van der Waals surface area contributed by atoms with Crippen molar-refractivity contribution in [1.29, 1.82) is 0 Å². The Morgan fingerprint density at radius 1 is 1.06 bits per heavy atom. The van der Waals surface area contributed by atoms with Crippen LogP contribution in [0.4, 0.5) is 0 Å². The van der Waals surface area contributed by atoms with Gasteiger partial charge in [-0.1, -0.05) is 34.1 Å². The van der Waals surface area contributed by atoms with Crippen molar-refractivity contribution in [1.82, 2.24) is 4.90 Å². The van der Waals surface area contributed by atoms with Crippen molar-refractivity contribution >= 4 is 12.6 Å². The first-order valence-electron chi connectivity index (χ1n) is 6.81. The number of thiol groups is 1. The zero-order valence-electron chi connectivity index (χ0n) is 11.5. The van der Waals surface area contributed by atoms with E-state index >= 15 is 0 Å². The van der Waals surface area contributed by atoms with E-state index in [0.29, 0.717) is 5.41 Å². The average molecular weight is 243 g/mol. The molecule has 1 fully saturated rings. The molecule has 0 radical (unpaired) electrons. The van der Waals surface area contributed by atoms with Crippen LogP contribution in [-0.2, 0) is 0 Å². The molecule has 0 bridgehead atoms. The highest BCUT2D eigenvalue weighted by atomic mass is 32.1. The van der Waals surface area contributed by atoms with E-state index in [1.807, 2.05) is 0 Å². The van der Waals surface area contributed by atoms with Crippen molar-refractivity contribution < 1.29 is 0 Å². The van der Waals surface area contributed by atoms with Gasteiger partial charge in [-0.05, 0) is 35.8 Å². The van der Waals surface area contributed by atoms with Crippen molar-refractivity contribution in [2.75, 3.05) is 25.4 Å². The van der Waals surface area contributed by atoms with Crippen molar-refractivity contribution in [2.45, 2.75) is 47.0 Å². The first-order valence-corrected chi connectivity index (χ1v) is 7.44. The Balaban J connectivity index is 2.48. The molecule has 96 valence electrons. The monoisotopic (exact) mass is 243 g/mol. The lowest BCUT2D eigenvalue weighted by atomic mass is 9.70. The van der Waals surface area contributed by atoms with Gasteiger partial charge in [-0.2, -0.15) is 12.6 Å². The van der Waals surface area contributed by atoms with Crippen LogP contribution in [0.2, 0.25) is 0 Å². The number of hydrogen-bond donors (Lipinski definition) is 1. The predicted octanol–water partition coefficient (Wildman–Crippen LogP) is 3.70. The van der Waals surface area contributed by atoms with Crippen molar-refractivity contribution in [2.24, 2.45) is 17.3 Å². The zero-order chi connectivity index (χ0) is 12.2. The van der Waals surface area contributed by atoms with Gasteiger partial charge in [0, 0.05) is 19.6 Å². The van der Waals surface area contributed by atoms with E-state index in [1.54, 1.807) is 0 Å². The van der Waals surface area contributed by atoms with Crippen molar-refractivity contribution in [3.63, 3.8) is 0 Å². The summed E-state index contributed by atoms with van der Waals surface area (Å²) >= 11 is 4.56. The Labute approximate surface area is 107 Å². The van der Waals surface area contributed by atoms with Crippen LogP contribution in [0.5, 0.6) is 0 Å². The third-order valence-electron chi connectivity index (χ3n) is 3.56. The Morgan fingerprint density at radius 3 is 1.81 bits per heavy atom. The number of rotatable bonds is 7. The van der Waals surface area contributed by atoms with Crippen LogP contribution in [0, 0.1) is 17.3 Å². The Bertz CT molecular complexity index is 181. The van der Waals surface area contributed by atoms with Crippen LogP contribution >= 0.6 is 12.6 Å². The summed E-state index contributed by atoms with van der Waals surface area (Å²) in [6, 6.07) is 0. The van der Waals surface area contributed by atoms with Gasteiger partial charge < -0.3 is 4.90 Å². The molecule has 1 saturated carbocycles. The van der Waals surface area contributed by atoms with Gasteiger partial charge in [0.2, 0.25) is 0 Å². The van der Waals surface area contributed by atoms with E-state index in [9.17, 15) is 0 Å².